The van der Waals surface area contributed by atoms with E-state index >= 15 is 0 Å². The Labute approximate surface area is 273 Å². The summed E-state index contributed by atoms with van der Waals surface area (Å²) in [6.07, 6.45) is 1.97. The second kappa shape index (κ2) is 27.7. The minimum Gasteiger partial charge on any atom is -0.481 e. The Kier molecular flexibility index (Phi) is 25.0. The van der Waals surface area contributed by atoms with Gasteiger partial charge < -0.3 is 57.2 Å². The maximum atomic E-state index is 11.3. The van der Waals surface area contributed by atoms with Gasteiger partial charge in [0.15, 0.2) is 0 Å². The van der Waals surface area contributed by atoms with Crippen LogP contribution >= 0.6 is 0 Å². The van der Waals surface area contributed by atoms with Crippen molar-refractivity contribution in [3.05, 3.63) is 0 Å². The first kappa shape index (κ1) is 41.6. The zero-order valence-corrected chi connectivity index (χ0v) is 27.4. The fourth-order valence-corrected chi connectivity index (χ4v) is 5.37. The van der Waals surface area contributed by atoms with Crippen molar-refractivity contribution in [2.45, 2.75) is 63.5 Å². The molecule has 0 spiro atoms. The number of hydrogen-bond donors (Lipinski definition) is 10. The zero-order chi connectivity index (χ0) is 33.8. The Morgan fingerprint density at radius 2 is 1.00 bits per heavy atom. The zero-order valence-electron chi connectivity index (χ0n) is 27.4. The minimum absolute atomic E-state index is 0.0177. The first-order chi connectivity index (χ1) is 22.2. The number of nitrogens with zero attached hydrogens (tertiary/aromatic N) is 2. The maximum Gasteiger partial charge on any atom is 0.304 e. The van der Waals surface area contributed by atoms with Gasteiger partial charge in [0.1, 0.15) is 0 Å². The van der Waals surface area contributed by atoms with Crippen molar-refractivity contribution < 1.29 is 39.6 Å². The van der Waals surface area contributed by atoms with Crippen molar-refractivity contribution in [2.75, 3.05) is 105 Å². The predicted molar refractivity (Wildman–Crippen MR) is 175 cm³/mol. The molecule has 0 aliphatic carbocycles. The van der Waals surface area contributed by atoms with Gasteiger partial charge in [-0.05, 0) is 32.2 Å². The van der Waals surface area contributed by atoms with E-state index in [0.717, 1.165) is 52.4 Å². The summed E-state index contributed by atoms with van der Waals surface area (Å²) in [5.74, 6) is -3.63. The lowest BCUT2D eigenvalue weighted by atomic mass is 10.0. The van der Waals surface area contributed by atoms with Crippen LogP contribution in [0.25, 0.3) is 0 Å². The Morgan fingerprint density at radius 3 is 1.52 bits per heavy atom. The quantitative estimate of drug-likeness (QED) is 0.113. The van der Waals surface area contributed by atoms with E-state index in [0.29, 0.717) is 71.5 Å². The molecule has 2 aliphatic rings. The van der Waals surface area contributed by atoms with Crippen molar-refractivity contribution in [1.82, 2.24) is 41.7 Å². The highest BCUT2D eigenvalue weighted by molar-refractivity contribution is 5.67. The fraction of sp³-hybridized carbons (Fsp3) is 0.867. The van der Waals surface area contributed by atoms with Crippen LogP contribution in [-0.2, 0) is 19.2 Å². The Bertz CT molecular complexity index is 798. The van der Waals surface area contributed by atoms with Crippen LogP contribution in [0, 0.1) is 0 Å². The molecule has 2 saturated heterocycles. The van der Waals surface area contributed by atoms with E-state index in [1.165, 1.54) is 0 Å². The Morgan fingerprint density at radius 1 is 0.543 bits per heavy atom. The molecule has 2 unspecified atom stereocenters. The molecule has 2 fully saturated rings. The number of carbonyl (C=O) groups is 4. The molecule has 16 heteroatoms. The largest absolute Gasteiger partial charge is 0.481 e. The number of nitrogens with one attached hydrogen (secondary N) is 6. The van der Waals surface area contributed by atoms with Gasteiger partial charge in [-0.25, -0.2) is 0 Å². The summed E-state index contributed by atoms with van der Waals surface area (Å²) in [4.78, 5) is 48.7. The maximum absolute atomic E-state index is 11.3. The van der Waals surface area contributed by atoms with Gasteiger partial charge >= 0.3 is 23.9 Å². The first-order valence-electron chi connectivity index (χ1n) is 16.8. The highest BCUT2D eigenvalue weighted by Gasteiger charge is 2.24. The van der Waals surface area contributed by atoms with Crippen LogP contribution in [0.5, 0.6) is 0 Å². The second-order valence-corrected chi connectivity index (χ2v) is 11.7. The lowest BCUT2D eigenvalue weighted by Crippen LogP contribution is -2.48. The van der Waals surface area contributed by atoms with E-state index in [9.17, 15) is 29.4 Å². The molecule has 2 rings (SSSR count). The molecule has 10 N–H and O–H groups in total. The molecule has 0 aromatic carbocycles. The molecule has 46 heavy (non-hydrogen) atoms. The molecule has 0 amide bonds. The lowest BCUT2D eigenvalue weighted by molar-refractivity contribution is -0.139. The van der Waals surface area contributed by atoms with Crippen LogP contribution < -0.4 is 31.9 Å². The van der Waals surface area contributed by atoms with Gasteiger partial charge in [0.05, 0.1) is 12.8 Å². The van der Waals surface area contributed by atoms with Crippen LogP contribution in [0.3, 0.4) is 0 Å². The van der Waals surface area contributed by atoms with Crippen molar-refractivity contribution in [3.8, 4) is 0 Å². The van der Waals surface area contributed by atoms with Crippen LogP contribution in [0.15, 0.2) is 0 Å². The van der Waals surface area contributed by atoms with Gasteiger partial charge in [0, 0.05) is 123 Å². The van der Waals surface area contributed by atoms with Crippen molar-refractivity contribution in [2.24, 2.45) is 0 Å². The smallest absolute Gasteiger partial charge is 0.304 e. The van der Waals surface area contributed by atoms with E-state index in [4.69, 9.17) is 10.2 Å². The van der Waals surface area contributed by atoms with Crippen LogP contribution in [0.1, 0.15) is 51.4 Å². The summed E-state index contributed by atoms with van der Waals surface area (Å²) in [5.41, 5.74) is 0. The topological polar surface area (TPSA) is 228 Å². The number of aliphatic carboxylic acids is 4. The molecule has 0 saturated carbocycles. The molecule has 2 heterocycles. The van der Waals surface area contributed by atoms with Gasteiger partial charge in [0.25, 0.3) is 0 Å². The third kappa shape index (κ3) is 24.7. The number of carboxylic acid groups (broad SMARTS) is 4. The van der Waals surface area contributed by atoms with Gasteiger partial charge in [-0.2, -0.15) is 0 Å². The van der Waals surface area contributed by atoms with E-state index in [2.05, 4.69) is 36.8 Å². The molecule has 2 atom stereocenters. The molecule has 16 nitrogen and oxygen atoms in total. The van der Waals surface area contributed by atoms with Crippen LogP contribution in [0.2, 0.25) is 0 Å². The number of carboxylic acids is 4. The summed E-state index contributed by atoms with van der Waals surface area (Å²) < 4.78 is 0. The summed E-state index contributed by atoms with van der Waals surface area (Å²) >= 11 is 0. The van der Waals surface area contributed by atoms with Gasteiger partial charge in [-0.1, -0.05) is 0 Å². The Hall–Kier alpha value is -2.44. The predicted octanol–water partition coefficient (Wildman–Crippen LogP) is -1.66. The van der Waals surface area contributed by atoms with E-state index in [1.54, 1.807) is 0 Å². The van der Waals surface area contributed by atoms with Gasteiger partial charge in [0.2, 0.25) is 0 Å². The highest BCUT2D eigenvalue weighted by Crippen LogP contribution is 2.17. The van der Waals surface area contributed by atoms with Crippen molar-refractivity contribution in [1.29, 1.82) is 0 Å². The van der Waals surface area contributed by atoms with Gasteiger partial charge in [-0.15, -0.1) is 0 Å². The monoisotopic (exact) mass is 660 g/mol. The molecule has 2 aliphatic heterocycles. The van der Waals surface area contributed by atoms with Gasteiger partial charge in [-0.3, -0.25) is 24.1 Å². The third-order valence-corrected chi connectivity index (χ3v) is 7.89. The van der Waals surface area contributed by atoms with E-state index in [-0.39, 0.29) is 44.3 Å². The molecule has 0 bridgehead atoms. The first-order valence-corrected chi connectivity index (χ1v) is 16.8. The molecule has 268 valence electrons. The van der Waals surface area contributed by atoms with Crippen LogP contribution in [0.4, 0.5) is 0 Å². The summed E-state index contributed by atoms with van der Waals surface area (Å²) in [6, 6.07) is -0.346. The lowest BCUT2D eigenvalue weighted by Gasteiger charge is -2.35. The molecular weight excluding hydrogens is 600 g/mol. The SMILES string of the molecule is C1CNCCNCCNCCN1.O=C(O)CCC1CN(CCC(=O)O)C(CCC(=O)O)CCCN(CCC(=O)O)CCNCCN1. The Balaban J connectivity index is 0.000000733. The average Bonchev–Trinajstić information content (AvgIpc) is 2.99. The summed E-state index contributed by atoms with van der Waals surface area (Å²) in [7, 11) is 0. The summed E-state index contributed by atoms with van der Waals surface area (Å²) in [6.45, 7) is 12.9. The van der Waals surface area contributed by atoms with E-state index < -0.39 is 23.9 Å². The number of hydrogen-bond acceptors (Lipinski definition) is 12. The number of rotatable bonds is 12. The van der Waals surface area contributed by atoms with Crippen molar-refractivity contribution in [3.63, 3.8) is 0 Å². The molecule has 0 radical (unpaired) electrons. The standard InChI is InChI=1S/C22H40N4O8.C8H20N4/c27-19(28)5-3-17-16-26(14-8-22(33)34)18(4-6-20(29)30)2-1-12-25(13-7-21(31)32)15-11-23-9-10-24-17;1-2-10-5-6-12-8-7-11-4-3-9-1/h17-18,23-24H,1-16H2,(H,27,28)(H,29,30)(H,31,32)(H,33,34);9-12H,1-8H2. The third-order valence-electron chi connectivity index (χ3n) is 7.89. The van der Waals surface area contributed by atoms with Crippen molar-refractivity contribution >= 4 is 23.9 Å². The normalized spacial score (nSPS) is 22.5. The second-order valence-electron chi connectivity index (χ2n) is 11.7. The highest BCUT2D eigenvalue weighted by atomic mass is 16.4. The van der Waals surface area contributed by atoms with Crippen LogP contribution in [-0.4, -0.2) is 171 Å². The summed E-state index contributed by atoms with van der Waals surface area (Å²) in [5, 5.41) is 56.7. The fourth-order valence-electron chi connectivity index (χ4n) is 5.37. The molecular formula is C30H60N8O8. The van der Waals surface area contributed by atoms with E-state index in [1.807, 2.05) is 4.90 Å². The molecule has 0 aromatic heterocycles. The molecule has 0 aromatic rings. The average molecular weight is 661 g/mol. The minimum atomic E-state index is -0.949.